The second-order valence-corrected chi connectivity index (χ2v) is 6.99. The fraction of sp³-hybridized carbons (Fsp3) is 0.286. The van der Waals surface area contributed by atoms with Crippen LogP contribution in [0.25, 0.3) is 11.0 Å². The van der Waals surface area contributed by atoms with Gasteiger partial charge in [0.15, 0.2) is 0 Å². The first-order valence-corrected chi connectivity index (χ1v) is 9.45. The van der Waals surface area contributed by atoms with Gasteiger partial charge in [0.2, 0.25) is 11.8 Å². The van der Waals surface area contributed by atoms with Crippen LogP contribution in [0.4, 0.5) is 11.4 Å². The van der Waals surface area contributed by atoms with Gasteiger partial charge in [0, 0.05) is 23.8 Å². The number of imidazole rings is 1. The summed E-state index contributed by atoms with van der Waals surface area (Å²) in [6.07, 6.45) is 1.87. The van der Waals surface area contributed by atoms with E-state index in [1.165, 1.54) is 4.57 Å². The van der Waals surface area contributed by atoms with E-state index in [1.807, 2.05) is 31.2 Å². The second kappa shape index (κ2) is 7.34. The highest BCUT2D eigenvalue weighted by Gasteiger charge is 2.29. The van der Waals surface area contributed by atoms with Crippen LogP contribution in [0, 0.1) is 5.92 Å². The molecule has 0 aliphatic heterocycles. The Bertz CT molecular complexity index is 1110. The Labute approximate surface area is 162 Å². The molecule has 7 heteroatoms. The summed E-state index contributed by atoms with van der Waals surface area (Å²) in [7, 11) is 0. The number of benzene rings is 2. The molecule has 144 valence electrons. The highest BCUT2D eigenvalue weighted by molar-refractivity contribution is 5.96. The van der Waals surface area contributed by atoms with Crippen molar-refractivity contribution in [2.75, 3.05) is 10.6 Å². The first-order valence-electron chi connectivity index (χ1n) is 9.45. The fourth-order valence-corrected chi connectivity index (χ4v) is 3.34. The van der Waals surface area contributed by atoms with E-state index in [0.717, 1.165) is 23.9 Å². The molecular weight excluding hydrogens is 356 g/mol. The third-order valence-corrected chi connectivity index (χ3v) is 4.91. The summed E-state index contributed by atoms with van der Waals surface area (Å²) >= 11 is 0. The molecule has 0 unspecified atom stereocenters. The molecule has 1 heterocycles. The normalized spacial score (nSPS) is 13.5. The molecule has 1 fully saturated rings. The maximum Gasteiger partial charge on any atom is 0.329 e. The zero-order valence-electron chi connectivity index (χ0n) is 15.6. The van der Waals surface area contributed by atoms with Crippen LogP contribution in [0.15, 0.2) is 53.3 Å². The number of aryl methyl sites for hydroxylation is 1. The number of amides is 2. The van der Waals surface area contributed by atoms with Crippen LogP contribution in [0.5, 0.6) is 0 Å². The Morgan fingerprint density at radius 3 is 2.25 bits per heavy atom. The third kappa shape index (κ3) is 3.55. The topological polar surface area (TPSA) is 85.1 Å². The molecule has 1 aliphatic carbocycles. The molecule has 0 saturated heterocycles. The van der Waals surface area contributed by atoms with Crippen LogP contribution in [0.3, 0.4) is 0 Å². The van der Waals surface area contributed by atoms with Gasteiger partial charge < -0.3 is 10.6 Å². The van der Waals surface area contributed by atoms with Crippen LogP contribution >= 0.6 is 0 Å². The SMILES string of the molecule is CCn1c(=O)n(CC(=O)Nc2cccc(NC(=O)C3CC3)c2)c2ccccc21. The van der Waals surface area contributed by atoms with E-state index in [4.69, 9.17) is 0 Å². The Kier molecular flexibility index (Phi) is 4.73. The predicted octanol–water partition coefficient (Wildman–Crippen LogP) is 2.81. The molecule has 2 amide bonds. The minimum atomic E-state index is -0.299. The number of hydrogen-bond donors (Lipinski definition) is 2. The second-order valence-electron chi connectivity index (χ2n) is 6.99. The number of hydrogen-bond acceptors (Lipinski definition) is 3. The number of carbonyl (C=O) groups excluding carboxylic acids is 2. The van der Waals surface area contributed by atoms with Gasteiger partial charge in [0.25, 0.3) is 0 Å². The standard InChI is InChI=1S/C21H22N4O3/c1-2-24-17-8-3-4-9-18(17)25(21(24)28)13-19(26)22-15-6-5-7-16(12-15)23-20(27)14-10-11-14/h3-9,12,14H,2,10-11,13H2,1H3,(H,22,26)(H,23,27). The van der Waals surface area contributed by atoms with Crippen molar-refractivity contribution < 1.29 is 9.59 Å². The van der Waals surface area contributed by atoms with E-state index in [0.29, 0.717) is 17.9 Å². The summed E-state index contributed by atoms with van der Waals surface area (Å²) < 4.78 is 3.13. The van der Waals surface area contributed by atoms with Crippen LogP contribution in [0.2, 0.25) is 0 Å². The highest BCUT2D eigenvalue weighted by atomic mass is 16.2. The number of carbonyl (C=O) groups is 2. The molecule has 0 radical (unpaired) electrons. The van der Waals surface area contributed by atoms with Crippen molar-refractivity contribution in [3.8, 4) is 0 Å². The maximum absolute atomic E-state index is 12.7. The first-order chi connectivity index (χ1) is 13.6. The van der Waals surface area contributed by atoms with E-state index in [2.05, 4.69) is 10.6 Å². The lowest BCUT2D eigenvalue weighted by Crippen LogP contribution is -2.29. The summed E-state index contributed by atoms with van der Waals surface area (Å²) in [5.41, 5.74) is 2.56. The summed E-state index contributed by atoms with van der Waals surface area (Å²) in [5, 5.41) is 5.67. The van der Waals surface area contributed by atoms with Gasteiger partial charge in [-0.1, -0.05) is 18.2 Å². The van der Waals surface area contributed by atoms with Crippen LogP contribution in [-0.4, -0.2) is 20.9 Å². The van der Waals surface area contributed by atoms with Gasteiger partial charge in [0.05, 0.1) is 11.0 Å². The first kappa shape index (κ1) is 18.0. The molecule has 28 heavy (non-hydrogen) atoms. The number of fused-ring (bicyclic) bond motifs is 1. The molecular formula is C21H22N4O3. The Balaban J connectivity index is 1.51. The average Bonchev–Trinajstić information content (AvgIpc) is 3.49. The number of aromatic nitrogens is 2. The van der Waals surface area contributed by atoms with Crippen molar-refractivity contribution >= 4 is 34.2 Å². The average molecular weight is 378 g/mol. The lowest BCUT2D eigenvalue weighted by molar-refractivity contribution is -0.117. The van der Waals surface area contributed by atoms with Crippen molar-refractivity contribution in [3.05, 3.63) is 59.0 Å². The smallest absolute Gasteiger partial charge is 0.326 e. The lowest BCUT2D eigenvalue weighted by atomic mass is 10.2. The molecule has 3 aromatic rings. The van der Waals surface area contributed by atoms with Gasteiger partial charge in [-0.05, 0) is 50.1 Å². The van der Waals surface area contributed by atoms with Gasteiger partial charge in [-0.2, -0.15) is 0 Å². The molecule has 2 N–H and O–H groups in total. The minimum Gasteiger partial charge on any atom is -0.326 e. The Morgan fingerprint density at radius 1 is 0.964 bits per heavy atom. The summed E-state index contributed by atoms with van der Waals surface area (Å²) in [6, 6.07) is 14.5. The molecule has 1 aromatic heterocycles. The van der Waals surface area contributed by atoms with Crippen molar-refractivity contribution in [2.24, 2.45) is 5.92 Å². The third-order valence-electron chi connectivity index (χ3n) is 4.91. The van der Waals surface area contributed by atoms with Crippen molar-refractivity contribution in [3.63, 3.8) is 0 Å². The fourth-order valence-electron chi connectivity index (χ4n) is 3.34. The van der Waals surface area contributed by atoms with Gasteiger partial charge >= 0.3 is 5.69 Å². The maximum atomic E-state index is 12.7. The van der Waals surface area contributed by atoms with E-state index in [1.54, 1.807) is 28.8 Å². The molecule has 4 rings (SSSR count). The number of para-hydroxylation sites is 2. The monoisotopic (exact) mass is 378 g/mol. The summed E-state index contributed by atoms with van der Waals surface area (Å²) in [5.74, 6) is -0.171. The predicted molar refractivity (Wildman–Crippen MR) is 108 cm³/mol. The zero-order valence-corrected chi connectivity index (χ0v) is 15.6. The lowest BCUT2D eigenvalue weighted by Gasteiger charge is -2.09. The molecule has 1 saturated carbocycles. The van der Waals surface area contributed by atoms with Crippen LogP contribution < -0.4 is 16.3 Å². The quantitative estimate of drug-likeness (QED) is 0.692. The number of rotatable bonds is 6. The van der Waals surface area contributed by atoms with Crippen LogP contribution in [0.1, 0.15) is 19.8 Å². The van der Waals surface area contributed by atoms with Gasteiger partial charge in [0.1, 0.15) is 6.54 Å². The molecule has 1 aliphatic rings. The number of anilines is 2. The van der Waals surface area contributed by atoms with E-state index >= 15 is 0 Å². The van der Waals surface area contributed by atoms with Crippen molar-refractivity contribution in [2.45, 2.75) is 32.9 Å². The van der Waals surface area contributed by atoms with E-state index < -0.39 is 0 Å². The van der Waals surface area contributed by atoms with Gasteiger partial charge in [-0.25, -0.2) is 4.79 Å². The Hall–Kier alpha value is -3.35. The van der Waals surface area contributed by atoms with Gasteiger partial charge in [-0.15, -0.1) is 0 Å². The zero-order chi connectivity index (χ0) is 19.7. The minimum absolute atomic E-state index is 0.0161. The largest absolute Gasteiger partial charge is 0.329 e. The van der Waals surface area contributed by atoms with E-state index in [9.17, 15) is 14.4 Å². The van der Waals surface area contributed by atoms with E-state index in [-0.39, 0.29) is 30.0 Å². The molecule has 0 spiro atoms. The Morgan fingerprint density at radius 2 is 1.61 bits per heavy atom. The van der Waals surface area contributed by atoms with Crippen molar-refractivity contribution in [1.29, 1.82) is 0 Å². The highest BCUT2D eigenvalue weighted by Crippen LogP contribution is 2.30. The summed E-state index contributed by atoms with van der Waals surface area (Å²) in [6.45, 7) is 2.36. The molecule has 0 bridgehead atoms. The van der Waals surface area contributed by atoms with Crippen LogP contribution in [-0.2, 0) is 22.7 Å². The molecule has 0 atom stereocenters. The number of nitrogens with one attached hydrogen (secondary N) is 2. The van der Waals surface area contributed by atoms with Gasteiger partial charge in [-0.3, -0.25) is 18.7 Å². The molecule has 2 aromatic carbocycles. The molecule has 7 nitrogen and oxygen atoms in total. The number of nitrogens with zero attached hydrogens (tertiary/aromatic N) is 2. The summed E-state index contributed by atoms with van der Waals surface area (Å²) in [4.78, 5) is 37.1. The van der Waals surface area contributed by atoms with Crippen molar-refractivity contribution in [1.82, 2.24) is 9.13 Å².